The van der Waals surface area contributed by atoms with Crippen molar-refractivity contribution in [2.24, 2.45) is 5.92 Å². The zero-order chi connectivity index (χ0) is 9.56. The summed E-state index contributed by atoms with van der Waals surface area (Å²) >= 11 is 0. The van der Waals surface area contributed by atoms with Gasteiger partial charge in [0, 0.05) is 12.5 Å². The number of carbonyl (C=O) groups is 1. The fourth-order valence-corrected chi connectivity index (χ4v) is 0.649. The van der Waals surface area contributed by atoms with E-state index in [0.717, 1.165) is 0 Å². The maximum absolute atomic E-state index is 11.1. The molecule has 0 aromatic carbocycles. The van der Waals surface area contributed by atoms with Crippen LogP contribution in [0.15, 0.2) is 0 Å². The molecular weight excluding hydrogens is 156 g/mol. The number of Topliss-reactive ketones (excluding diaryl/α,β-unsaturated/α-hetero) is 1. The molecule has 0 aliphatic heterocycles. The van der Waals surface area contributed by atoms with Gasteiger partial charge in [0.15, 0.2) is 12.1 Å². The first kappa shape index (κ1) is 11.6. The summed E-state index contributed by atoms with van der Waals surface area (Å²) in [6, 6.07) is 0. The molecule has 72 valence electrons. The molecule has 3 nitrogen and oxygen atoms in total. The van der Waals surface area contributed by atoms with Crippen molar-refractivity contribution in [1.29, 1.82) is 0 Å². The Bertz CT molecular complexity index is 132. The molecule has 0 amide bonds. The minimum atomic E-state index is -0.280. The SMILES string of the molecule is CCOC(C)OCC(=O)C(C)C. The highest BCUT2D eigenvalue weighted by molar-refractivity contribution is 5.81. The van der Waals surface area contributed by atoms with Gasteiger partial charge in [-0.25, -0.2) is 0 Å². The standard InChI is InChI=1S/C9H18O3/c1-5-11-8(4)12-6-9(10)7(2)3/h7-8H,5-6H2,1-4H3. The second kappa shape index (κ2) is 6.14. The Hall–Kier alpha value is -0.410. The predicted octanol–water partition coefficient (Wildman–Crippen LogP) is 1.61. The zero-order valence-electron chi connectivity index (χ0n) is 8.29. The van der Waals surface area contributed by atoms with Gasteiger partial charge in [-0.2, -0.15) is 0 Å². The first-order valence-corrected chi connectivity index (χ1v) is 4.33. The van der Waals surface area contributed by atoms with Crippen molar-refractivity contribution in [2.75, 3.05) is 13.2 Å². The smallest absolute Gasteiger partial charge is 0.161 e. The highest BCUT2D eigenvalue weighted by atomic mass is 16.7. The number of hydrogen-bond acceptors (Lipinski definition) is 3. The Labute approximate surface area is 74.0 Å². The van der Waals surface area contributed by atoms with Crippen molar-refractivity contribution in [1.82, 2.24) is 0 Å². The zero-order valence-corrected chi connectivity index (χ0v) is 8.29. The average Bonchev–Trinajstić information content (AvgIpc) is 2.00. The maximum atomic E-state index is 11.1. The number of hydrogen-bond donors (Lipinski definition) is 0. The monoisotopic (exact) mass is 174 g/mol. The van der Waals surface area contributed by atoms with Crippen molar-refractivity contribution in [3.63, 3.8) is 0 Å². The lowest BCUT2D eigenvalue weighted by atomic mass is 10.1. The molecule has 12 heavy (non-hydrogen) atoms. The van der Waals surface area contributed by atoms with Gasteiger partial charge in [-0.05, 0) is 13.8 Å². The third-order valence-corrected chi connectivity index (χ3v) is 1.51. The topological polar surface area (TPSA) is 35.5 Å². The maximum Gasteiger partial charge on any atom is 0.161 e. The summed E-state index contributed by atoms with van der Waals surface area (Å²) in [6.45, 7) is 8.16. The minimum Gasteiger partial charge on any atom is -0.353 e. The minimum absolute atomic E-state index is 0.0406. The Kier molecular flexibility index (Phi) is 5.93. The fraction of sp³-hybridized carbons (Fsp3) is 0.889. The summed E-state index contributed by atoms with van der Waals surface area (Å²) in [7, 11) is 0. The first-order chi connectivity index (χ1) is 5.57. The Morgan fingerprint density at radius 3 is 2.25 bits per heavy atom. The highest BCUT2D eigenvalue weighted by Crippen LogP contribution is 1.98. The quantitative estimate of drug-likeness (QED) is 0.574. The van der Waals surface area contributed by atoms with Crippen LogP contribution in [-0.2, 0) is 14.3 Å². The second-order valence-corrected chi connectivity index (χ2v) is 2.95. The molecule has 0 radical (unpaired) electrons. The van der Waals surface area contributed by atoms with Crippen LogP contribution in [0.25, 0.3) is 0 Å². The van der Waals surface area contributed by atoms with E-state index in [1.54, 1.807) is 6.92 Å². The van der Waals surface area contributed by atoms with Crippen LogP contribution in [-0.4, -0.2) is 25.3 Å². The van der Waals surface area contributed by atoms with Gasteiger partial charge in [-0.3, -0.25) is 4.79 Å². The van der Waals surface area contributed by atoms with Gasteiger partial charge in [0.1, 0.15) is 6.61 Å². The lowest BCUT2D eigenvalue weighted by Gasteiger charge is -2.12. The molecule has 1 atom stereocenters. The summed E-state index contributed by atoms with van der Waals surface area (Å²) in [5.41, 5.74) is 0. The summed E-state index contributed by atoms with van der Waals surface area (Å²) in [5, 5.41) is 0. The Balaban J connectivity index is 3.47. The van der Waals surface area contributed by atoms with E-state index in [-0.39, 0.29) is 24.6 Å². The van der Waals surface area contributed by atoms with Crippen LogP contribution >= 0.6 is 0 Å². The van der Waals surface area contributed by atoms with E-state index in [2.05, 4.69) is 0 Å². The van der Waals surface area contributed by atoms with Crippen LogP contribution in [0.3, 0.4) is 0 Å². The molecule has 0 fully saturated rings. The van der Waals surface area contributed by atoms with E-state index in [1.165, 1.54) is 0 Å². The lowest BCUT2D eigenvalue weighted by molar-refractivity contribution is -0.150. The van der Waals surface area contributed by atoms with Crippen LogP contribution in [0.5, 0.6) is 0 Å². The lowest BCUT2D eigenvalue weighted by Crippen LogP contribution is -2.21. The van der Waals surface area contributed by atoms with E-state index in [4.69, 9.17) is 9.47 Å². The van der Waals surface area contributed by atoms with Gasteiger partial charge in [-0.1, -0.05) is 13.8 Å². The summed E-state index contributed by atoms with van der Waals surface area (Å²) in [6.07, 6.45) is -0.280. The van der Waals surface area contributed by atoms with Crippen molar-refractivity contribution in [3.05, 3.63) is 0 Å². The normalized spacial score (nSPS) is 13.4. The van der Waals surface area contributed by atoms with Gasteiger partial charge in [0.05, 0.1) is 0 Å². The summed E-state index contributed by atoms with van der Waals surface area (Å²) in [5.74, 6) is 0.153. The molecule has 0 saturated carbocycles. The Morgan fingerprint density at radius 1 is 1.25 bits per heavy atom. The van der Waals surface area contributed by atoms with Gasteiger partial charge in [0.2, 0.25) is 0 Å². The van der Waals surface area contributed by atoms with E-state index >= 15 is 0 Å². The Morgan fingerprint density at radius 2 is 1.83 bits per heavy atom. The molecule has 0 saturated heterocycles. The number of ether oxygens (including phenoxy) is 2. The number of rotatable bonds is 6. The predicted molar refractivity (Wildman–Crippen MR) is 46.9 cm³/mol. The molecule has 0 bridgehead atoms. The molecule has 0 spiro atoms. The molecule has 0 N–H and O–H groups in total. The van der Waals surface area contributed by atoms with Gasteiger partial charge >= 0.3 is 0 Å². The van der Waals surface area contributed by atoms with E-state index in [1.807, 2.05) is 20.8 Å². The van der Waals surface area contributed by atoms with Gasteiger partial charge in [0.25, 0.3) is 0 Å². The molecule has 1 unspecified atom stereocenters. The summed E-state index contributed by atoms with van der Waals surface area (Å²) in [4.78, 5) is 11.1. The second-order valence-electron chi connectivity index (χ2n) is 2.95. The van der Waals surface area contributed by atoms with Crippen molar-refractivity contribution in [2.45, 2.75) is 34.0 Å². The molecule has 0 heterocycles. The largest absolute Gasteiger partial charge is 0.353 e. The van der Waals surface area contributed by atoms with Crippen LogP contribution < -0.4 is 0 Å². The van der Waals surface area contributed by atoms with Crippen molar-refractivity contribution >= 4 is 5.78 Å². The molecule has 3 heteroatoms. The molecular formula is C9H18O3. The average molecular weight is 174 g/mol. The van der Waals surface area contributed by atoms with Crippen LogP contribution in [0.4, 0.5) is 0 Å². The van der Waals surface area contributed by atoms with Crippen LogP contribution in [0.1, 0.15) is 27.7 Å². The van der Waals surface area contributed by atoms with Crippen molar-refractivity contribution < 1.29 is 14.3 Å². The van der Waals surface area contributed by atoms with Gasteiger partial charge in [-0.15, -0.1) is 0 Å². The highest BCUT2D eigenvalue weighted by Gasteiger charge is 2.09. The van der Waals surface area contributed by atoms with E-state index in [0.29, 0.717) is 6.61 Å². The van der Waals surface area contributed by atoms with E-state index in [9.17, 15) is 4.79 Å². The molecule has 0 aromatic rings. The molecule has 0 aliphatic rings. The van der Waals surface area contributed by atoms with Crippen LogP contribution in [0, 0.1) is 5.92 Å². The van der Waals surface area contributed by atoms with Gasteiger partial charge < -0.3 is 9.47 Å². The third kappa shape index (κ3) is 5.27. The first-order valence-electron chi connectivity index (χ1n) is 4.33. The third-order valence-electron chi connectivity index (χ3n) is 1.51. The molecule has 0 aliphatic carbocycles. The fourth-order valence-electron chi connectivity index (χ4n) is 0.649. The molecule has 0 aromatic heterocycles. The van der Waals surface area contributed by atoms with E-state index < -0.39 is 0 Å². The van der Waals surface area contributed by atoms with Crippen LogP contribution in [0.2, 0.25) is 0 Å². The number of ketones is 1. The van der Waals surface area contributed by atoms with Crippen molar-refractivity contribution in [3.8, 4) is 0 Å². The molecule has 0 rings (SSSR count). The number of carbonyl (C=O) groups excluding carboxylic acids is 1. The summed E-state index contributed by atoms with van der Waals surface area (Å²) < 4.78 is 10.2.